The third-order valence-corrected chi connectivity index (χ3v) is 9.13. The maximum absolute atomic E-state index is 14.2. The zero-order valence-electron chi connectivity index (χ0n) is 23.9. The highest BCUT2D eigenvalue weighted by Crippen LogP contribution is 2.56. The molecule has 9 heteroatoms. The van der Waals surface area contributed by atoms with Crippen LogP contribution >= 0.6 is 23.2 Å². The molecule has 1 spiro atoms. The van der Waals surface area contributed by atoms with E-state index in [9.17, 15) is 9.59 Å². The summed E-state index contributed by atoms with van der Waals surface area (Å²) in [6.07, 6.45) is 1.58. The van der Waals surface area contributed by atoms with Crippen molar-refractivity contribution in [2.75, 3.05) is 51.6 Å². The van der Waals surface area contributed by atoms with Gasteiger partial charge in [-0.15, -0.1) is 0 Å². The van der Waals surface area contributed by atoms with Crippen LogP contribution in [0.3, 0.4) is 0 Å². The van der Waals surface area contributed by atoms with E-state index in [1.165, 1.54) is 0 Å². The van der Waals surface area contributed by atoms with Gasteiger partial charge < -0.3 is 25.8 Å². The first-order valence-corrected chi connectivity index (χ1v) is 15.1. The second-order valence-electron chi connectivity index (χ2n) is 12.8. The van der Waals surface area contributed by atoms with Crippen LogP contribution < -0.4 is 16.0 Å². The number of benzene rings is 2. The Morgan fingerprint density at radius 1 is 1.07 bits per heavy atom. The average Bonchev–Trinajstić information content (AvgIpc) is 3.36. The molecule has 2 aromatic carbocycles. The minimum atomic E-state index is -1.00. The van der Waals surface area contributed by atoms with Crippen molar-refractivity contribution in [3.05, 3.63) is 63.6 Å². The molecule has 4 atom stereocenters. The van der Waals surface area contributed by atoms with Crippen molar-refractivity contribution in [3.63, 3.8) is 0 Å². The molecule has 0 radical (unpaired) electrons. The van der Waals surface area contributed by atoms with Gasteiger partial charge in [0.25, 0.3) is 0 Å². The summed E-state index contributed by atoms with van der Waals surface area (Å²) in [6.45, 7) is 12.3. The van der Waals surface area contributed by atoms with E-state index in [1.807, 2.05) is 36.4 Å². The molecule has 0 bridgehead atoms. The van der Waals surface area contributed by atoms with Crippen molar-refractivity contribution in [3.8, 4) is 0 Å². The third kappa shape index (κ3) is 5.77. The fourth-order valence-electron chi connectivity index (χ4n) is 6.82. The lowest BCUT2D eigenvalue weighted by molar-refractivity contribution is -0.123. The molecule has 2 amide bonds. The van der Waals surface area contributed by atoms with Gasteiger partial charge in [0, 0.05) is 60.4 Å². The number of hydrogen-bond acceptors (Lipinski definition) is 5. The summed E-state index contributed by atoms with van der Waals surface area (Å²) in [5.74, 6) is -0.658. The SMILES string of the molecule is CN1CCN(CCCNC(=O)[C@@H]2N[C@H](CC(C)(C)C)[C@]3(C(=O)Nc4cc(Cl)ccc43)[C@H]2c2cccc(Cl)c2)CC1. The van der Waals surface area contributed by atoms with Crippen LogP contribution in [0.15, 0.2) is 42.5 Å². The highest BCUT2D eigenvalue weighted by Gasteiger charge is 2.65. The van der Waals surface area contributed by atoms with Gasteiger partial charge in [0.05, 0.1) is 6.04 Å². The predicted octanol–water partition coefficient (Wildman–Crippen LogP) is 4.50. The van der Waals surface area contributed by atoms with E-state index in [1.54, 1.807) is 6.07 Å². The Hall–Kier alpha value is -2.16. The standard InChI is InChI=1S/C31H41Cl2N5O2/c1-30(2,3)19-25-31(23-10-9-22(33)18-24(23)35-29(31)40)26(20-7-5-8-21(32)17-20)27(36-25)28(39)34-11-6-12-38-15-13-37(4)14-16-38/h5,7-10,17-18,25-27,36H,6,11-16,19H2,1-4H3,(H,34,39)(H,35,40)/t25-,26+,27-,31+/m1/s1. The van der Waals surface area contributed by atoms with E-state index in [0.29, 0.717) is 28.7 Å². The molecule has 0 unspecified atom stereocenters. The van der Waals surface area contributed by atoms with Gasteiger partial charge in [0.1, 0.15) is 5.41 Å². The molecule has 7 nitrogen and oxygen atoms in total. The molecule has 2 fully saturated rings. The topological polar surface area (TPSA) is 76.7 Å². The molecule has 0 aliphatic carbocycles. The van der Waals surface area contributed by atoms with Crippen LogP contribution in [0.25, 0.3) is 0 Å². The van der Waals surface area contributed by atoms with Gasteiger partial charge in [-0.2, -0.15) is 0 Å². The zero-order valence-corrected chi connectivity index (χ0v) is 25.4. The molecule has 0 saturated carbocycles. The monoisotopic (exact) mass is 585 g/mol. The Morgan fingerprint density at radius 2 is 1.80 bits per heavy atom. The molecular weight excluding hydrogens is 545 g/mol. The van der Waals surface area contributed by atoms with E-state index >= 15 is 0 Å². The number of anilines is 1. The Kier molecular flexibility index (Phi) is 8.52. The minimum Gasteiger partial charge on any atom is -0.355 e. The maximum Gasteiger partial charge on any atom is 0.237 e. The van der Waals surface area contributed by atoms with Crippen LogP contribution in [-0.4, -0.2) is 80.0 Å². The molecule has 3 heterocycles. The number of piperazine rings is 1. The van der Waals surface area contributed by atoms with Crippen LogP contribution in [0, 0.1) is 5.41 Å². The minimum absolute atomic E-state index is 0.0886. The van der Waals surface area contributed by atoms with Crippen molar-refractivity contribution in [2.45, 2.75) is 57.0 Å². The molecule has 216 valence electrons. The average molecular weight is 587 g/mol. The van der Waals surface area contributed by atoms with Crippen LogP contribution in [0.1, 0.15) is 50.7 Å². The summed E-state index contributed by atoms with van der Waals surface area (Å²) in [5, 5.41) is 11.1. The fraction of sp³-hybridized carbons (Fsp3) is 0.548. The van der Waals surface area contributed by atoms with Crippen LogP contribution in [-0.2, 0) is 15.0 Å². The van der Waals surface area contributed by atoms with Crippen LogP contribution in [0.2, 0.25) is 10.0 Å². The van der Waals surface area contributed by atoms with Crippen LogP contribution in [0.4, 0.5) is 5.69 Å². The molecule has 3 aliphatic rings. The second-order valence-corrected chi connectivity index (χ2v) is 13.7. The summed E-state index contributed by atoms with van der Waals surface area (Å²) in [4.78, 5) is 32.9. The predicted molar refractivity (Wildman–Crippen MR) is 162 cm³/mol. The van der Waals surface area contributed by atoms with Crippen molar-refractivity contribution in [1.29, 1.82) is 0 Å². The highest BCUT2D eigenvalue weighted by atomic mass is 35.5. The number of fused-ring (bicyclic) bond motifs is 2. The number of carbonyl (C=O) groups is 2. The van der Waals surface area contributed by atoms with E-state index in [0.717, 1.165) is 50.3 Å². The molecule has 3 aliphatic heterocycles. The maximum atomic E-state index is 14.2. The Labute approximate surface area is 248 Å². The van der Waals surface area contributed by atoms with E-state index in [4.69, 9.17) is 23.2 Å². The summed E-state index contributed by atoms with van der Waals surface area (Å²) >= 11 is 12.8. The van der Waals surface area contributed by atoms with Crippen molar-refractivity contribution < 1.29 is 9.59 Å². The van der Waals surface area contributed by atoms with Gasteiger partial charge in [-0.3, -0.25) is 9.59 Å². The van der Waals surface area contributed by atoms with Crippen molar-refractivity contribution in [2.24, 2.45) is 5.41 Å². The summed E-state index contributed by atoms with van der Waals surface area (Å²) in [7, 11) is 2.15. The third-order valence-electron chi connectivity index (χ3n) is 8.66. The quantitative estimate of drug-likeness (QED) is 0.417. The summed E-state index contributed by atoms with van der Waals surface area (Å²) in [6, 6.07) is 12.3. The fourth-order valence-corrected chi connectivity index (χ4v) is 7.19. The lowest BCUT2D eigenvalue weighted by Crippen LogP contribution is -2.49. The lowest BCUT2D eigenvalue weighted by atomic mass is 9.62. The molecular formula is C31H41Cl2N5O2. The molecule has 40 heavy (non-hydrogen) atoms. The van der Waals surface area contributed by atoms with Crippen molar-refractivity contribution >= 4 is 40.7 Å². The number of carbonyl (C=O) groups excluding carboxylic acids is 2. The number of rotatable bonds is 7. The first kappa shape index (κ1) is 29.3. The van der Waals surface area contributed by atoms with Crippen molar-refractivity contribution in [1.82, 2.24) is 20.4 Å². The summed E-state index contributed by atoms with van der Waals surface area (Å²) in [5.41, 5.74) is 1.36. The van der Waals surface area contributed by atoms with Gasteiger partial charge in [-0.05, 0) is 67.2 Å². The number of hydrogen-bond donors (Lipinski definition) is 3. The molecule has 0 aromatic heterocycles. The van der Waals surface area contributed by atoms with E-state index in [2.05, 4.69) is 53.6 Å². The van der Waals surface area contributed by atoms with Gasteiger partial charge in [0.15, 0.2) is 0 Å². The number of nitrogens with zero attached hydrogens (tertiary/aromatic N) is 2. The Bertz CT molecular complexity index is 1260. The molecule has 3 N–H and O–H groups in total. The number of likely N-dealkylation sites (N-methyl/N-ethyl adjacent to an activating group) is 1. The summed E-state index contributed by atoms with van der Waals surface area (Å²) < 4.78 is 0. The second kappa shape index (κ2) is 11.6. The molecule has 2 aromatic rings. The lowest BCUT2D eigenvalue weighted by Gasteiger charge is -2.37. The van der Waals surface area contributed by atoms with Gasteiger partial charge in [-0.1, -0.05) is 62.2 Å². The first-order chi connectivity index (χ1) is 19.0. The number of nitrogens with one attached hydrogen (secondary N) is 3. The van der Waals surface area contributed by atoms with E-state index < -0.39 is 17.4 Å². The zero-order chi connectivity index (χ0) is 28.7. The van der Waals surface area contributed by atoms with E-state index in [-0.39, 0.29) is 23.3 Å². The number of halogens is 2. The normalized spacial score (nSPS) is 27.1. The largest absolute Gasteiger partial charge is 0.355 e. The van der Waals surface area contributed by atoms with Gasteiger partial charge >= 0.3 is 0 Å². The van der Waals surface area contributed by atoms with Crippen LogP contribution in [0.5, 0.6) is 0 Å². The van der Waals surface area contributed by atoms with Gasteiger partial charge in [0.2, 0.25) is 11.8 Å². The first-order valence-electron chi connectivity index (χ1n) is 14.3. The smallest absolute Gasteiger partial charge is 0.237 e. The molecule has 5 rings (SSSR count). The molecule has 2 saturated heterocycles. The Balaban J connectivity index is 1.47. The van der Waals surface area contributed by atoms with Gasteiger partial charge in [-0.25, -0.2) is 0 Å². The highest BCUT2D eigenvalue weighted by molar-refractivity contribution is 6.31. The Morgan fingerprint density at radius 3 is 2.50 bits per heavy atom. The number of amides is 2.